The molecule has 2 unspecified atom stereocenters. The topological polar surface area (TPSA) is 84.2 Å². The second-order valence-corrected chi connectivity index (χ2v) is 5.19. The van der Waals surface area contributed by atoms with Crippen molar-refractivity contribution in [2.75, 3.05) is 0 Å². The van der Waals surface area contributed by atoms with Crippen LogP contribution in [-0.4, -0.2) is 32.6 Å². The van der Waals surface area contributed by atoms with Crippen LogP contribution in [0.1, 0.15) is 39.5 Å². The summed E-state index contributed by atoms with van der Waals surface area (Å²) >= 11 is 0. The largest absolute Gasteiger partial charge is 0.481 e. The molecule has 1 aromatic heterocycles. The van der Waals surface area contributed by atoms with E-state index in [4.69, 9.17) is 5.11 Å². The van der Waals surface area contributed by atoms with Crippen LogP contribution >= 0.6 is 0 Å². The number of rotatable bonds is 9. The molecule has 0 fully saturated rings. The number of aromatic nitrogens is 2. The van der Waals surface area contributed by atoms with E-state index in [1.807, 2.05) is 17.7 Å². The van der Waals surface area contributed by atoms with E-state index in [2.05, 4.69) is 10.3 Å². The van der Waals surface area contributed by atoms with Gasteiger partial charge < -0.3 is 15.0 Å². The number of amides is 1. The number of hydrogen-bond acceptors (Lipinski definition) is 3. The smallest absolute Gasteiger partial charge is 0.306 e. The van der Waals surface area contributed by atoms with E-state index < -0.39 is 5.97 Å². The van der Waals surface area contributed by atoms with Crippen molar-refractivity contribution < 1.29 is 14.7 Å². The van der Waals surface area contributed by atoms with Crippen LogP contribution in [0, 0.1) is 5.92 Å². The highest BCUT2D eigenvalue weighted by Crippen LogP contribution is 2.09. The molecule has 0 radical (unpaired) electrons. The molecule has 0 spiro atoms. The van der Waals surface area contributed by atoms with Crippen molar-refractivity contribution in [1.82, 2.24) is 14.9 Å². The number of carboxylic acid groups (broad SMARTS) is 1. The normalized spacial score (nSPS) is 13.7. The number of imidazole rings is 1. The molecule has 6 nitrogen and oxygen atoms in total. The zero-order valence-corrected chi connectivity index (χ0v) is 12.1. The molecule has 0 bridgehead atoms. The third kappa shape index (κ3) is 6.36. The average Bonchev–Trinajstić information content (AvgIpc) is 2.89. The number of carboxylic acids is 1. The Morgan fingerprint density at radius 2 is 2.10 bits per heavy atom. The SMILES string of the molecule is CC(CCCC(C)C(=O)O)NC(=O)CCn1ccnc1. The molecule has 0 aliphatic rings. The van der Waals surface area contributed by atoms with E-state index >= 15 is 0 Å². The fourth-order valence-corrected chi connectivity index (χ4v) is 1.92. The van der Waals surface area contributed by atoms with Crippen LogP contribution in [0.5, 0.6) is 0 Å². The standard InChI is InChI=1S/C14H23N3O3/c1-11(14(19)20)4-3-5-12(2)16-13(18)6-8-17-9-7-15-10-17/h7,9-12H,3-6,8H2,1-2H3,(H,16,18)(H,19,20). The highest BCUT2D eigenvalue weighted by atomic mass is 16.4. The lowest BCUT2D eigenvalue weighted by atomic mass is 10.0. The van der Waals surface area contributed by atoms with Crippen LogP contribution in [0.3, 0.4) is 0 Å². The number of carbonyl (C=O) groups excluding carboxylic acids is 1. The highest BCUT2D eigenvalue weighted by molar-refractivity contribution is 5.76. The molecule has 112 valence electrons. The van der Waals surface area contributed by atoms with Gasteiger partial charge in [0.15, 0.2) is 0 Å². The Morgan fingerprint density at radius 3 is 2.70 bits per heavy atom. The maximum absolute atomic E-state index is 11.7. The summed E-state index contributed by atoms with van der Waals surface area (Å²) < 4.78 is 1.86. The van der Waals surface area contributed by atoms with Gasteiger partial charge in [-0.05, 0) is 19.8 Å². The number of hydrogen-bond donors (Lipinski definition) is 2. The van der Waals surface area contributed by atoms with E-state index in [-0.39, 0.29) is 17.9 Å². The van der Waals surface area contributed by atoms with Crippen LogP contribution < -0.4 is 5.32 Å². The van der Waals surface area contributed by atoms with Gasteiger partial charge in [0.2, 0.25) is 5.91 Å². The Labute approximate surface area is 119 Å². The molecule has 1 heterocycles. The minimum absolute atomic E-state index is 0.0116. The summed E-state index contributed by atoms with van der Waals surface area (Å²) in [5.41, 5.74) is 0. The molecule has 2 atom stereocenters. The fourth-order valence-electron chi connectivity index (χ4n) is 1.92. The lowest BCUT2D eigenvalue weighted by Crippen LogP contribution is -2.33. The van der Waals surface area contributed by atoms with Gasteiger partial charge in [0.1, 0.15) is 0 Å². The molecule has 1 aromatic rings. The first kappa shape index (κ1) is 16.2. The Bertz CT molecular complexity index is 417. The summed E-state index contributed by atoms with van der Waals surface area (Å²) in [6.07, 6.45) is 7.86. The minimum atomic E-state index is -0.762. The Balaban J connectivity index is 2.13. The van der Waals surface area contributed by atoms with E-state index in [1.54, 1.807) is 19.4 Å². The van der Waals surface area contributed by atoms with Crippen molar-refractivity contribution in [3.8, 4) is 0 Å². The first-order valence-electron chi connectivity index (χ1n) is 6.97. The predicted molar refractivity (Wildman–Crippen MR) is 75.1 cm³/mol. The number of nitrogens with one attached hydrogen (secondary N) is 1. The van der Waals surface area contributed by atoms with Crippen LogP contribution in [0.25, 0.3) is 0 Å². The molecule has 0 aromatic carbocycles. The lowest BCUT2D eigenvalue weighted by Gasteiger charge is -2.14. The summed E-state index contributed by atoms with van der Waals surface area (Å²) in [7, 11) is 0. The zero-order chi connectivity index (χ0) is 15.0. The average molecular weight is 281 g/mol. The Kier molecular flexibility index (Phi) is 6.76. The molecule has 2 N–H and O–H groups in total. The molecular formula is C14H23N3O3. The van der Waals surface area contributed by atoms with Gasteiger partial charge in [0.05, 0.1) is 12.2 Å². The molecule has 0 saturated heterocycles. The van der Waals surface area contributed by atoms with Crippen LogP contribution in [0.2, 0.25) is 0 Å². The van der Waals surface area contributed by atoms with E-state index in [1.165, 1.54) is 0 Å². The fraction of sp³-hybridized carbons (Fsp3) is 0.643. The third-order valence-electron chi connectivity index (χ3n) is 3.26. The van der Waals surface area contributed by atoms with Gasteiger partial charge in [0.25, 0.3) is 0 Å². The van der Waals surface area contributed by atoms with Gasteiger partial charge >= 0.3 is 5.97 Å². The van der Waals surface area contributed by atoms with E-state index in [0.717, 1.165) is 12.8 Å². The van der Waals surface area contributed by atoms with Crippen LogP contribution in [0.4, 0.5) is 0 Å². The van der Waals surface area contributed by atoms with Crippen molar-refractivity contribution in [3.63, 3.8) is 0 Å². The van der Waals surface area contributed by atoms with E-state index in [9.17, 15) is 9.59 Å². The lowest BCUT2D eigenvalue weighted by molar-refractivity contribution is -0.141. The summed E-state index contributed by atoms with van der Waals surface area (Å²) in [6.45, 7) is 4.27. The van der Waals surface area contributed by atoms with Gasteiger partial charge in [-0.2, -0.15) is 0 Å². The second-order valence-electron chi connectivity index (χ2n) is 5.19. The molecule has 1 rings (SSSR count). The minimum Gasteiger partial charge on any atom is -0.481 e. The monoisotopic (exact) mass is 281 g/mol. The number of aliphatic carboxylic acids is 1. The van der Waals surface area contributed by atoms with Crippen molar-refractivity contribution in [3.05, 3.63) is 18.7 Å². The molecule has 0 saturated carbocycles. The summed E-state index contributed by atoms with van der Waals surface area (Å²) in [4.78, 5) is 26.3. The molecule has 20 heavy (non-hydrogen) atoms. The summed E-state index contributed by atoms with van der Waals surface area (Å²) in [6, 6.07) is 0.0753. The maximum Gasteiger partial charge on any atom is 0.306 e. The van der Waals surface area contributed by atoms with Crippen molar-refractivity contribution >= 4 is 11.9 Å². The summed E-state index contributed by atoms with van der Waals surface area (Å²) in [5.74, 6) is -1.07. The second kappa shape index (κ2) is 8.35. The quantitative estimate of drug-likeness (QED) is 0.721. The maximum atomic E-state index is 11.7. The number of carbonyl (C=O) groups is 2. The van der Waals surface area contributed by atoms with Crippen LogP contribution in [0.15, 0.2) is 18.7 Å². The van der Waals surface area contributed by atoms with Crippen molar-refractivity contribution in [2.24, 2.45) is 5.92 Å². The van der Waals surface area contributed by atoms with Gasteiger partial charge in [-0.15, -0.1) is 0 Å². The van der Waals surface area contributed by atoms with Crippen molar-refractivity contribution in [2.45, 2.75) is 52.1 Å². The first-order valence-corrected chi connectivity index (χ1v) is 6.97. The number of nitrogens with zero attached hydrogens (tertiary/aromatic N) is 2. The molecular weight excluding hydrogens is 258 g/mol. The van der Waals surface area contributed by atoms with E-state index in [0.29, 0.717) is 19.4 Å². The predicted octanol–water partition coefficient (Wildman–Crippen LogP) is 1.67. The molecule has 1 amide bonds. The summed E-state index contributed by atoms with van der Waals surface area (Å²) in [5, 5.41) is 11.7. The Morgan fingerprint density at radius 1 is 1.35 bits per heavy atom. The molecule has 0 aliphatic carbocycles. The highest BCUT2D eigenvalue weighted by Gasteiger charge is 2.12. The molecule has 6 heteroatoms. The van der Waals surface area contributed by atoms with Gasteiger partial charge in [-0.25, -0.2) is 4.98 Å². The number of aryl methyl sites for hydroxylation is 1. The van der Waals surface area contributed by atoms with Gasteiger partial charge in [0, 0.05) is 31.4 Å². The third-order valence-corrected chi connectivity index (χ3v) is 3.26. The van der Waals surface area contributed by atoms with Gasteiger partial charge in [-0.1, -0.05) is 13.3 Å². The van der Waals surface area contributed by atoms with Crippen molar-refractivity contribution in [1.29, 1.82) is 0 Å². The van der Waals surface area contributed by atoms with Gasteiger partial charge in [-0.3, -0.25) is 9.59 Å². The first-order chi connectivity index (χ1) is 9.49. The Hall–Kier alpha value is -1.85. The van der Waals surface area contributed by atoms with Crippen LogP contribution in [-0.2, 0) is 16.1 Å². The molecule has 0 aliphatic heterocycles. The zero-order valence-electron chi connectivity index (χ0n) is 12.1.